The first-order chi connectivity index (χ1) is 9.31. The van der Waals surface area contributed by atoms with E-state index in [1.165, 1.54) is 0 Å². The molecule has 0 radical (unpaired) electrons. The van der Waals surface area contributed by atoms with Crippen LogP contribution in [0.4, 0.5) is 11.9 Å². The lowest BCUT2D eigenvalue weighted by molar-refractivity contribution is 0.0492. The molecular weight excluding hydrogens is 248 g/mol. The Labute approximate surface area is 109 Å². The quantitative estimate of drug-likeness (QED) is 0.747. The van der Waals surface area contributed by atoms with Crippen molar-refractivity contribution in [2.24, 2.45) is 0 Å². The molecule has 3 heterocycles. The summed E-state index contributed by atoms with van der Waals surface area (Å²) < 4.78 is 6.94. The number of morpholine rings is 1. The van der Waals surface area contributed by atoms with Gasteiger partial charge in [0.1, 0.15) is 6.33 Å². The molecule has 1 saturated heterocycles. The highest BCUT2D eigenvalue weighted by Crippen LogP contribution is 2.08. The molecule has 1 aliphatic rings. The van der Waals surface area contributed by atoms with Crippen molar-refractivity contribution in [3.8, 4) is 5.95 Å². The van der Waals surface area contributed by atoms with Gasteiger partial charge in [-0.25, -0.2) is 9.99 Å². The van der Waals surface area contributed by atoms with Crippen molar-refractivity contribution in [2.45, 2.75) is 0 Å². The molecule has 0 aromatic carbocycles. The van der Waals surface area contributed by atoms with Gasteiger partial charge >= 0.3 is 0 Å². The minimum atomic E-state index is 0.162. The number of hydrogen-bond acceptors (Lipinski definition) is 8. The molecule has 0 saturated carbocycles. The molecule has 19 heavy (non-hydrogen) atoms. The van der Waals surface area contributed by atoms with Crippen LogP contribution in [0.15, 0.2) is 18.7 Å². The normalized spacial score (nSPS) is 16.4. The van der Waals surface area contributed by atoms with Gasteiger partial charge in [-0.1, -0.05) is 0 Å². The Morgan fingerprint density at radius 1 is 1.21 bits per heavy atom. The average molecular weight is 262 g/mol. The number of nitrogens with two attached hydrogens (primary N) is 1. The first kappa shape index (κ1) is 11.8. The molecule has 1 fully saturated rings. The Balaban J connectivity index is 1.81. The SMILES string of the molecule is Nc1nc(NN2CCOCC2)nc(-n2ccnc2)n1. The molecule has 9 heteroatoms. The molecule has 0 amide bonds. The fraction of sp³-hybridized carbons (Fsp3) is 0.400. The molecule has 100 valence electrons. The van der Waals surface area contributed by atoms with E-state index in [0.29, 0.717) is 25.1 Å². The van der Waals surface area contributed by atoms with Crippen LogP contribution in [0.5, 0.6) is 0 Å². The lowest BCUT2D eigenvalue weighted by Gasteiger charge is -2.26. The van der Waals surface area contributed by atoms with Crippen molar-refractivity contribution in [1.82, 2.24) is 29.5 Å². The van der Waals surface area contributed by atoms with Gasteiger partial charge in [0.15, 0.2) is 0 Å². The molecule has 0 aliphatic carbocycles. The highest BCUT2D eigenvalue weighted by Gasteiger charge is 2.13. The number of nitrogens with one attached hydrogen (secondary N) is 1. The highest BCUT2D eigenvalue weighted by atomic mass is 16.5. The van der Waals surface area contributed by atoms with Crippen molar-refractivity contribution in [2.75, 3.05) is 37.5 Å². The highest BCUT2D eigenvalue weighted by molar-refractivity contribution is 5.34. The summed E-state index contributed by atoms with van der Waals surface area (Å²) in [5.41, 5.74) is 8.79. The molecule has 9 nitrogen and oxygen atoms in total. The minimum Gasteiger partial charge on any atom is -0.379 e. The van der Waals surface area contributed by atoms with E-state index in [4.69, 9.17) is 10.5 Å². The smallest absolute Gasteiger partial charge is 0.244 e. The molecule has 2 aromatic heterocycles. The number of ether oxygens (including phenoxy) is 1. The summed E-state index contributed by atoms with van der Waals surface area (Å²) in [6.07, 6.45) is 5.00. The Morgan fingerprint density at radius 2 is 2.05 bits per heavy atom. The lowest BCUT2D eigenvalue weighted by atomic mass is 10.5. The second kappa shape index (κ2) is 5.16. The standard InChI is InChI=1S/C10H14N8O/c11-8-13-9(16-18-3-5-19-6-4-18)15-10(14-8)17-2-1-12-7-17/h1-2,7H,3-6H2,(H3,11,13,14,15,16). The van der Waals surface area contributed by atoms with Gasteiger partial charge in [-0.15, -0.1) is 0 Å². The summed E-state index contributed by atoms with van der Waals surface area (Å²) >= 11 is 0. The first-order valence-electron chi connectivity index (χ1n) is 5.90. The van der Waals surface area contributed by atoms with Crippen LogP contribution in [-0.4, -0.2) is 55.8 Å². The first-order valence-corrected chi connectivity index (χ1v) is 5.90. The monoisotopic (exact) mass is 262 g/mol. The van der Waals surface area contributed by atoms with Crippen molar-refractivity contribution >= 4 is 11.9 Å². The van der Waals surface area contributed by atoms with E-state index in [1.807, 2.05) is 5.01 Å². The van der Waals surface area contributed by atoms with Gasteiger partial charge in [-0.3, -0.25) is 9.99 Å². The van der Waals surface area contributed by atoms with Crippen molar-refractivity contribution in [1.29, 1.82) is 0 Å². The summed E-state index contributed by atoms with van der Waals surface area (Å²) in [4.78, 5) is 16.4. The van der Waals surface area contributed by atoms with Crippen LogP contribution in [0.2, 0.25) is 0 Å². The predicted octanol–water partition coefficient (Wildman–Crippen LogP) is -0.701. The van der Waals surface area contributed by atoms with Crippen LogP contribution >= 0.6 is 0 Å². The van der Waals surface area contributed by atoms with Gasteiger partial charge < -0.3 is 10.5 Å². The van der Waals surface area contributed by atoms with Gasteiger partial charge in [0, 0.05) is 25.5 Å². The summed E-state index contributed by atoms with van der Waals surface area (Å²) in [6.45, 7) is 2.90. The second-order valence-corrected chi connectivity index (χ2v) is 4.00. The fourth-order valence-corrected chi connectivity index (χ4v) is 1.74. The maximum absolute atomic E-state index is 5.69. The summed E-state index contributed by atoms with van der Waals surface area (Å²) in [6, 6.07) is 0. The number of rotatable bonds is 3. The average Bonchev–Trinajstić information content (AvgIpc) is 2.93. The molecule has 0 unspecified atom stereocenters. The third kappa shape index (κ3) is 2.77. The number of anilines is 2. The fourth-order valence-electron chi connectivity index (χ4n) is 1.74. The van der Waals surface area contributed by atoms with Gasteiger partial charge in [-0.2, -0.15) is 15.0 Å². The maximum Gasteiger partial charge on any atom is 0.244 e. The van der Waals surface area contributed by atoms with Gasteiger partial charge in [0.2, 0.25) is 17.8 Å². The molecule has 0 atom stereocenters. The summed E-state index contributed by atoms with van der Waals surface area (Å²) in [7, 11) is 0. The zero-order chi connectivity index (χ0) is 13.1. The number of imidazole rings is 1. The largest absolute Gasteiger partial charge is 0.379 e. The lowest BCUT2D eigenvalue weighted by Crippen LogP contribution is -2.40. The van der Waals surface area contributed by atoms with Crippen LogP contribution in [0.1, 0.15) is 0 Å². The van der Waals surface area contributed by atoms with Crippen molar-refractivity contribution in [3.63, 3.8) is 0 Å². The molecule has 1 aliphatic heterocycles. The van der Waals surface area contributed by atoms with E-state index in [1.54, 1.807) is 23.3 Å². The van der Waals surface area contributed by atoms with Crippen LogP contribution in [0.3, 0.4) is 0 Å². The van der Waals surface area contributed by atoms with Crippen molar-refractivity contribution < 1.29 is 4.74 Å². The van der Waals surface area contributed by atoms with Crippen LogP contribution in [-0.2, 0) is 4.74 Å². The van der Waals surface area contributed by atoms with E-state index < -0.39 is 0 Å². The third-order valence-corrected chi connectivity index (χ3v) is 2.65. The molecule has 2 aromatic rings. The number of nitrogen functional groups attached to an aromatic ring is 1. The van der Waals surface area contributed by atoms with E-state index >= 15 is 0 Å². The Kier molecular flexibility index (Phi) is 3.21. The Hall–Kier alpha value is -2.26. The molecule has 3 N–H and O–H groups in total. The third-order valence-electron chi connectivity index (χ3n) is 2.65. The number of hydrazine groups is 1. The summed E-state index contributed by atoms with van der Waals surface area (Å²) in [5, 5.41) is 1.98. The number of hydrogen-bond donors (Lipinski definition) is 2. The zero-order valence-electron chi connectivity index (χ0n) is 10.2. The van der Waals surface area contributed by atoms with Crippen LogP contribution < -0.4 is 11.2 Å². The van der Waals surface area contributed by atoms with Gasteiger partial charge in [-0.05, 0) is 0 Å². The number of nitrogens with zero attached hydrogens (tertiary/aromatic N) is 6. The Bertz CT molecular complexity index is 536. The predicted molar refractivity (Wildman–Crippen MR) is 67.4 cm³/mol. The maximum atomic E-state index is 5.69. The van der Waals surface area contributed by atoms with Crippen molar-refractivity contribution in [3.05, 3.63) is 18.7 Å². The Morgan fingerprint density at radius 3 is 2.79 bits per heavy atom. The molecule has 0 spiro atoms. The molecule has 0 bridgehead atoms. The molecular formula is C10H14N8O. The zero-order valence-corrected chi connectivity index (χ0v) is 10.2. The topological polar surface area (TPSA) is 107 Å². The van der Waals surface area contributed by atoms with Crippen LogP contribution in [0, 0.1) is 0 Å². The number of aromatic nitrogens is 5. The minimum absolute atomic E-state index is 0.162. The van der Waals surface area contributed by atoms with E-state index in [0.717, 1.165) is 13.1 Å². The second-order valence-electron chi connectivity index (χ2n) is 4.00. The molecule has 3 rings (SSSR count). The van der Waals surface area contributed by atoms with Crippen LogP contribution in [0.25, 0.3) is 5.95 Å². The van der Waals surface area contributed by atoms with E-state index in [-0.39, 0.29) is 5.95 Å². The van der Waals surface area contributed by atoms with Gasteiger partial charge in [0.05, 0.1) is 13.2 Å². The van der Waals surface area contributed by atoms with E-state index in [9.17, 15) is 0 Å². The van der Waals surface area contributed by atoms with E-state index in [2.05, 4.69) is 25.4 Å². The van der Waals surface area contributed by atoms with Gasteiger partial charge in [0.25, 0.3) is 0 Å². The summed E-state index contributed by atoms with van der Waals surface area (Å²) in [5.74, 6) is 1.01.